The summed E-state index contributed by atoms with van der Waals surface area (Å²) in [6, 6.07) is 57.2. The Morgan fingerprint density at radius 1 is 0.550 bits per heavy atom. The van der Waals surface area contributed by atoms with Crippen LogP contribution in [0.2, 0.25) is 0 Å². The molecule has 1 aliphatic heterocycles. The standard InChI is InChI=1S/C52H41F2N5O/c1-52(2,3)35-24-27-47-49(29-35)57(51-44(53)20-14-21-45(51)54)34-56(47)38-30-39(58(36-15-6-4-7-16-36)37-17-8-5-9-18-37)32-41(31-38)60-40-25-26-43-42-19-10-11-22-46(42)59(48(43)33-40)50-23-12-13-28-55-50/h4-33H,34H2,1-3H3. The molecule has 0 bridgehead atoms. The minimum Gasteiger partial charge on any atom is -0.457 e. The number of nitrogens with zero attached hydrogens (tertiary/aromatic N) is 5. The number of hydrogen-bond acceptors (Lipinski definition) is 5. The zero-order chi connectivity index (χ0) is 41.0. The number of hydrogen-bond donors (Lipinski definition) is 0. The second-order valence-electron chi connectivity index (χ2n) is 16.0. The Labute approximate surface area is 347 Å². The fourth-order valence-electron chi connectivity index (χ4n) is 8.28. The summed E-state index contributed by atoms with van der Waals surface area (Å²) in [5, 5.41) is 2.20. The molecule has 0 fully saturated rings. The highest BCUT2D eigenvalue weighted by Crippen LogP contribution is 2.49. The first kappa shape index (κ1) is 36.9. The van der Waals surface area contributed by atoms with Gasteiger partial charge in [-0.15, -0.1) is 0 Å². The van der Waals surface area contributed by atoms with Crippen molar-refractivity contribution < 1.29 is 13.5 Å². The third kappa shape index (κ3) is 6.56. The maximum Gasteiger partial charge on any atom is 0.149 e. The van der Waals surface area contributed by atoms with Crippen LogP contribution in [0.25, 0.3) is 27.6 Å². The van der Waals surface area contributed by atoms with Gasteiger partial charge in [0.2, 0.25) is 0 Å². The predicted molar refractivity (Wildman–Crippen MR) is 240 cm³/mol. The van der Waals surface area contributed by atoms with Gasteiger partial charge in [0.25, 0.3) is 0 Å². The van der Waals surface area contributed by atoms with Crippen LogP contribution in [0.4, 0.5) is 48.6 Å². The molecular formula is C52H41F2N5O. The van der Waals surface area contributed by atoms with E-state index in [4.69, 9.17) is 9.72 Å². The topological polar surface area (TPSA) is 36.8 Å². The molecule has 0 saturated carbocycles. The van der Waals surface area contributed by atoms with Crippen LogP contribution in [0.15, 0.2) is 182 Å². The number of ether oxygens (including phenoxy) is 1. The number of fused-ring (bicyclic) bond motifs is 4. The van der Waals surface area contributed by atoms with E-state index in [-0.39, 0.29) is 17.8 Å². The minimum absolute atomic E-state index is 0.0910. The SMILES string of the molecule is CC(C)(C)c1ccc2c(c1)N(c1c(F)cccc1F)CN2c1cc(Oc2ccc3c4ccccc4n(-c4ccccn4)c3c2)cc(N(c2ccccc2)c2ccccc2)c1. The molecule has 0 spiro atoms. The van der Waals surface area contributed by atoms with Crippen LogP contribution < -0.4 is 19.4 Å². The van der Waals surface area contributed by atoms with E-state index in [9.17, 15) is 0 Å². The summed E-state index contributed by atoms with van der Waals surface area (Å²) in [4.78, 5) is 10.7. The van der Waals surface area contributed by atoms with Crippen molar-refractivity contribution in [2.24, 2.45) is 0 Å². The molecule has 8 heteroatoms. The number of aromatic nitrogens is 2. The van der Waals surface area contributed by atoms with Crippen molar-refractivity contribution in [2.45, 2.75) is 26.2 Å². The van der Waals surface area contributed by atoms with Gasteiger partial charge >= 0.3 is 0 Å². The van der Waals surface area contributed by atoms with Crippen molar-refractivity contribution in [1.29, 1.82) is 0 Å². The van der Waals surface area contributed by atoms with Crippen LogP contribution in [0, 0.1) is 11.6 Å². The maximum atomic E-state index is 15.7. The summed E-state index contributed by atoms with van der Waals surface area (Å²) < 4.78 is 40.5. The number of halogens is 2. The van der Waals surface area contributed by atoms with E-state index < -0.39 is 11.6 Å². The average Bonchev–Trinajstić information content (AvgIpc) is 3.80. The first-order valence-electron chi connectivity index (χ1n) is 20.0. The number of anilines is 7. The smallest absolute Gasteiger partial charge is 0.149 e. The van der Waals surface area contributed by atoms with E-state index in [2.05, 4.69) is 114 Å². The monoisotopic (exact) mass is 789 g/mol. The third-order valence-corrected chi connectivity index (χ3v) is 11.1. The maximum absolute atomic E-state index is 15.7. The number of rotatable bonds is 8. The molecule has 0 atom stereocenters. The fourth-order valence-corrected chi connectivity index (χ4v) is 8.28. The van der Waals surface area contributed by atoms with Crippen LogP contribution in [-0.4, -0.2) is 16.2 Å². The molecule has 0 radical (unpaired) electrons. The lowest BCUT2D eigenvalue weighted by Crippen LogP contribution is -2.25. The molecule has 1 aliphatic rings. The van der Waals surface area contributed by atoms with Crippen molar-refractivity contribution in [3.05, 3.63) is 199 Å². The van der Waals surface area contributed by atoms with Crippen molar-refractivity contribution in [3.63, 3.8) is 0 Å². The van der Waals surface area contributed by atoms with Gasteiger partial charge in [0.1, 0.15) is 41.3 Å². The highest BCUT2D eigenvalue weighted by atomic mass is 19.1. The van der Waals surface area contributed by atoms with Crippen molar-refractivity contribution >= 4 is 61.6 Å². The summed E-state index contributed by atoms with van der Waals surface area (Å²) in [5.41, 5.74) is 7.86. The molecule has 7 aromatic carbocycles. The lowest BCUT2D eigenvalue weighted by molar-refractivity contribution is 0.483. The zero-order valence-corrected chi connectivity index (χ0v) is 33.4. The molecule has 0 aliphatic carbocycles. The summed E-state index contributed by atoms with van der Waals surface area (Å²) in [6.07, 6.45) is 1.80. The molecule has 3 heterocycles. The molecule has 60 heavy (non-hydrogen) atoms. The van der Waals surface area contributed by atoms with E-state index in [0.29, 0.717) is 11.5 Å². The number of pyridine rings is 1. The van der Waals surface area contributed by atoms with Crippen LogP contribution in [-0.2, 0) is 5.41 Å². The minimum atomic E-state index is -0.625. The zero-order valence-electron chi connectivity index (χ0n) is 33.4. The summed E-state index contributed by atoms with van der Waals surface area (Å²) in [6.45, 7) is 6.57. The highest BCUT2D eigenvalue weighted by molar-refractivity contribution is 6.09. The Kier molecular flexibility index (Phi) is 9.05. The fraction of sp³-hybridized carbons (Fsp3) is 0.0962. The molecule has 10 rings (SSSR count). The lowest BCUT2D eigenvalue weighted by atomic mass is 9.86. The Hall–Kier alpha value is -7.45. The van der Waals surface area contributed by atoms with Crippen molar-refractivity contribution in [1.82, 2.24) is 9.55 Å². The van der Waals surface area contributed by atoms with Gasteiger partial charge in [0.15, 0.2) is 0 Å². The van der Waals surface area contributed by atoms with Gasteiger partial charge in [-0.1, -0.05) is 93.6 Å². The Balaban J connectivity index is 1.16. The highest BCUT2D eigenvalue weighted by Gasteiger charge is 2.33. The average molecular weight is 790 g/mol. The van der Waals surface area contributed by atoms with Crippen LogP contribution >= 0.6 is 0 Å². The van der Waals surface area contributed by atoms with Crippen molar-refractivity contribution in [3.8, 4) is 17.3 Å². The second-order valence-corrected chi connectivity index (χ2v) is 16.0. The Morgan fingerprint density at radius 3 is 1.93 bits per heavy atom. The third-order valence-electron chi connectivity index (χ3n) is 11.1. The van der Waals surface area contributed by atoms with Gasteiger partial charge in [0.05, 0.1) is 28.1 Å². The van der Waals surface area contributed by atoms with E-state index in [0.717, 1.165) is 67.3 Å². The molecule has 0 saturated heterocycles. The predicted octanol–water partition coefficient (Wildman–Crippen LogP) is 14.3. The van der Waals surface area contributed by atoms with Gasteiger partial charge in [-0.3, -0.25) is 4.57 Å². The largest absolute Gasteiger partial charge is 0.457 e. The molecule has 0 N–H and O–H groups in total. The van der Waals surface area contributed by atoms with Gasteiger partial charge < -0.3 is 19.4 Å². The summed E-state index contributed by atoms with van der Waals surface area (Å²) in [7, 11) is 0. The quantitative estimate of drug-likeness (QED) is 0.153. The van der Waals surface area contributed by atoms with Crippen molar-refractivity contribution in [2.75, 3.05) is 21.4 Å². The Morgan fingerprint density at radius 2 is 1.23 bits per heavy atom. The molecule has 0 amide bonds. The molecule has 6 nitrogen and oxygen atoms in total. The molecule has 294 valence electrons. The van der Waals surface area contributed by atoms with Gasteiger partial charge in [0, 0.05) is 52.2 Å². The second kappa shape index (κ2) is 14.7. The summed E-state index contributed by atoms with van der Waals surface area (Å²) in [5.74, 6) is 0.787. The van der Waals surface area contributed by atoms with Gasteiger partial charge in [-0.25, -0.2) is 13.8 Å². The van der Waals surface area contributed by atoms with Crippen LogP contribution in [0.1, 0.15) is 26.3 Å². The van der Waals surface area contributed by atoms with E-state index in [1.165, 1.54) is 18.2 Å². The normalized spacial score (nSPS) is 12.6. The number of para-hydroxylation sites is 4. The summed E-state index contributed by atoms with van der Waals surface area (Å²) >= 11 is 0. The number of benzene rings is 7. The van der Waals surface area contributed by atoms with Crippen LogP contribution in [0.3, 0.4) is 0 Å². The lowest BCUT2D eigenvalue weighted by Gasteiger charge is -2.28. The van der Waals surface area contributed by atoms with Gasteiger partial charge in [-0.2, -0.15) is 0 Å². The van der Waals surface area contributed by atoms with Gasteiger partial charge in [-0.05, 0) is 95.9 Å². The van der Waals surface area contributed by atoms with E-state index in [1.807, 2.05) is 78.9 Å². The molecular weight excluding hydrogens is 749 g/mol. The molecule has 2 aromatic heterocycles. The Bertz CT molecular complexity index is 2960. The first-order chi connectivity index (χ1) is 29.2. The first-order valence-corrected chi connectivity index (χ1v) is 20.0. The van der Waals surface area contributed by atoms with E-state index >= 15 is 8.78 Å². The van der Waals surface area contributed by atoms with Crippen LogP contribution in [0.5, 0.6) is 11.5 Å². The van der Waals surface area contributed by atoms with E-state index in [1.54, 1.807) is 11.1 Å². The molecule has 9 aromatic rings. The molecule has 0 unspecified atom stereocenters.